The van der Waals surface area contributed by atoms with E-state index in [0.29, 0.717) is 11.6 Å². The Morgan fingerprint density at radius 3 is 2.89 bits per heavy atom. The average Bonchev–Trinajstić information content (AvgIpc) is 2.88. The first-order valence-corrected chi connectivity index (χ1v) is 8.34. The summed E-state index contributed by atoms with van der Waals surface area (Å²) in [4.78, 5) is 2.95. The van der Waals surface area contributed by atoms with Gasteiger partial charge in [-0.05, 0) is 24.8 Å². The van der Waals surface area contributed by atoms with Crippen LogP contribution in [0.4, 0.5) is 0 Å². The van der Waals surface area contributed by atoms with E-state index >= 15 is 0 Å². The minimum absolute atomic E-state index is 0.0381. The fourth-order valence-corrected chi connectivity index (χ4v) is 4.02. The highest BCUT2D eigenvalue weighted by molar-refractivity contribution is 7.89. The van der Waals surface area contributed by atoms with Crippen LogP contribution in [-0.2, 0) is 16.6 Å². The van der Waals surface area contributed by atoms with Crippen LogP contribution in [-0.4, -0.2) is 24.6 Å². The SMILES string of the molecule is CCC1CCCC(NS(=O)(=O)c2c[nH]c(CO)c2)C1. The van der Waals surface area contributed by atoms with Gasteiger partial charge >= 0.3 is 0 Å². The fourth-order valence-electron chi connectivity index (χ4n) is 2.72. The maximum atomic E-state index is 12.2. The zero-order valence-electron chi connectivity index (χ0n) is 11.2. The van der Waals surface area contributed by atoms with Gasteiger partial charge in [-0.25, -0.2) is 13.1 Å². The Morgan fingerprint density at radius 2 is 2.26 bits per heavy atom. The molecule has 6 heteroatoms. The smallest absolute Gasteiger partial charge is 0.242 e. The number of aliphatic hydroxyl groups excluding tert-OH is 1. The molecule has 0 amide bonds. The molecule has 5 nitrogen and oxygen atoms in total. The molecule has 2 rings (SSSR count). The minimum Gasteiger partial charge on any atom is -0.390 e. The molecule has 0 bridgehead atoms. The van der Waals surface area contributed by atoms with E-state index < -0.39 is 10.0 Å². The van der Waals surface area contributed by atoms with Crippen molar-refractivity contribution >= 4 is 10.0 Å². The van der Waals surface area contributed by atoms with Crippen molar-refractivity contribution in [1.29, 1.82) is 0 Å². The highest BCUT2D eigenvalue weighted by Gasteiger charge is 2.26. The minimum atomic E-state index is -3.47. The van der Waals surface area contributed by atoms with Crippen LogP contribution in [0.5, 0.6) is 0 Å². The van der Waals surface area contributed by atoms with Gasteiger partial charge in [0.2, 0.25) is 10.0 Å². The number of sulfonamides is 1. The standard InChI is InChI=1S/C13H22N2O3S/c1-2-10-4-3-5-11(6-10)15-19(17,18)13-7-12(9-16)14-8-13/h7-8,10-11,14-16H,2-6,9H2,1H3. The second-order valence-corrected chi connectivity index (χ2v) is 6.99. The summed E-state index contributed by atoms with van der Waals surface area (Å²) in [7, 11) is -3.47. The van der Waals surface area contributed by atoms with Crippen molar-refractivity contribution in [1.82, 2.24) is 9.71 Å². The number of aromatic amines is 1. The van der Waals surface area contributed by atoms with Gasteiger partial charge in [0.15, 0.2) is 0 Å². The summed E-state index contributed by atoms with van der Waals surface area (Å²) in [5.74, 6) is 0.626. The van der Waals surface area contributed by atoms with Crippen molar-refractivity contribution in [2.75, 3.05) is 0 Å². The van der Waals surface area contributed by atoms with Gasteiger partial charge in [0.05, 0.1) is 11.5 Å². The van der Waals surface area contributed by atoms with E-state index in [1.165, 1.54) is 18.7 Å². The van der Waals surface area contributed by atoms with Crippen LogP contribution in [0.1, 0.15) is 44.7 Å². The van der Waals surface area contributed by atoms with Gasteiger partial charge in [-0.3, -0.25) is 0 Å². The van der Waals surface area contributed by atoms with E-state index in [1.807, 2.05) is 0 Å². The van der Waals surface area contributed by atoms with E-state index in [4.69, 9.17) is 5.11 Å². The summed E-state index contributed by atoms with van der Waals surface area (Å²) in [5, 5.41) is 8.96. The zero-order valence-corrected chi connectivity index (χ0v) is 12.0. The topological polar surface area (TPSA) is 82.2 Å². The molecule has 3 N–H and O–H groups in total. The first-order valence-electron chi connectivity index (χ1n) is 6.85. The Bertz CT molecular complexity index is 510. The average molecular weight is 286 g/mol. The van der Waals surface area contributed by atoms with E-state index in [0.717, 1.165) is 25.7 Å². The third-order valence-electron chi connectivity index (χ3n) is 3.88. The number of nitrogens with one attached hydrogen (secondary N) is 2. The second-order valence-electron chi connectivity index (χ2n) is 5.28. The number of rotatable bonds is 5. The van der Waals surface area contributed by atoms with Crippen LogP contribution in [0, 0.1) is 5.92 Å². The summed E-state index contributed by atoms with van der Waals surface area (Å²) in [6, 6.07) is 1.51. The van der Waals surface area contributed by atoms with Crippen molar-refractivity contribution in [3.8, 4) is 0 Å². The third kappa shape index (κ3) is 3.58. The van der Waals surface area contributed by atoms with Crippen molar-refractivity contribution in [2.24, 2.45) is 5.92 Å². The second kappa shape index (κ2) is 6.07. The molecule has 2 unspecified atom stereocenters. The first-order chi connectivity index (χ1) is 9.05. The molecule has 0 aliphatic heterocycles. The van der Waals surface area contributed by atoms with Crippen LogP contribution in [0.3, 0.4) is 0 Å². The molecule has 0 spiro atoms. The highest BCUT2D eigenvalue weighted by atomic mass is 32.2. The number of hydrogen-bond donors (Lipinski definition) is 3. The molecule has 0 aromatic carbocycles. The van der Waals surface area contributed by atoms with Gasteiger partial charge in [-0.15, -0.1) is 0 Å². The predicted octanol–water partition coefficient (Wildman–Crippen LogP) is 1.75. The van der Waals surface area contributed by atoms with Gasteiger partial charge in [-0.2, -0.15) is 0 Å². The lowest BCUT2D eigenvalue weighted by Crippen LogP contribution is -2.38. The van der Waals surface area contributed by atoms with Crippen LogP contribution in [0.25, 0.3) is 0 Å². The van der Waals surface area contributed by atoms with Crippen LogP contribution >= 0.6 is 0 Å². The summed E-state index contributed by atoms with van der Waals surface area (Å²) in [6.07, 6.45) is 6.65. The molecule has 1 aliphatic rings. The van der Waals surface area contributed by atoms with Gasteiger partial charge in [-0.1, -0.05) is 26.2 Å². The van der Waals surface area contributed by atoms with E-state index in [1.54, 1.807) is 0 Å². The quantitative estimate of drug-likeness (QED) is 0.771. The molecule has 1 aromatic rings. The number of aromatic nitrogens is 1. The van der Waals surface area contributed by atoms with Gasteiger partial charge in [0.25, 0.3) is 0 Å². The monoisotopic (exact) mass is 286 g/mol. The highest BCUT2D eigenvalue weighted by Crippen LogP contribution is 2.27. The Morgan fingerprint density at radius 1 is 1.47 bits per heavy atom. The van der Waals surface area contributed by atoms with Crippen LogP contribution in [0.2, 0.25) is 0 Å². The summed E-state index contributed by atoms with van der Waals surface area (Å²) in [5.41, 5.74) is 0.510. The molecule has 2 atom stereocenters. The maximum Gasteiger partial charge on any atom is 0.242 e. The van der Waals surface area contributed by atoms with E-state index in [2.05, 4.69) is 16.6 Å². The molecule has 19 heavy (non-hydrogen) atoms. The lowest BCUT2D eigenvalue weighted by atomic mass is 9.85. The Kier molecular flexibility index (Phi) is 4.65. The molecular formula is C13H22N2O3S. The summed E-state index contributed by atoms with van der Waals surface area (Å²) >= 11 is 0. The largest absolute Gasteiger partial charge is 0.390 e. The normalized spacial score (nSPS) is 24.5. The summed E-state index contributed by atoms with van der Waals surface area (Å²) < 4.78 is 27.2. The van der Waals surface area contributed by atoms with Crippen molar-refractivity contribution < 1.29 is 13.5 Å². The van der Waals surface area contributed by atoms with Crippen molar-refractivity contribution in [2.45, 2.75) is 56.6 Å². The zero-order chi connectivity index (χ0) is 13.9. The Labute approximate surface area is 114 Å². The van der Waals surface area contributed by atoms with E-state index in [-0.39, 0.29) is 17.5 Å². The Balaban J connectivity index is 2.04. The summed E-state index contributed by atoms with van der Waals surface area (Å²) in [6.45, 7) is 1.97. The van der Waals surface area contributed by atoms with Gasteiger partial charge in [0, 0.05) is 17.9 Å². The molecule has 108 valence electrons. The van der Waals surface area contributed by atoms with Crippen LogP contribution < -0.4 is 4.72 Å². The molecule has 1 saturated carbocycles. The molecule has 0 radical (unpaired) electrons. The third-order valence-corrected chi connectivity index (χ3v) is 5.38. The number of H-pyrrole nitrogens is 1. The fraction of sp³-hybridized carbons (Fsp3) is 0.692. The van der Waals surface area contributed by atoms with Crippen molar-refractivity contribution in [3.63, 3.8) is 0 Å². The lowest BCUT2D eigenvalue weighted by Gasteiger charge is -2.28. The molecule has 1 fully saturated rings. The number of hydrogen-bond acceptors (Lipinski definition) is 3. The van der Waals surface area contributed by atoms with E-state index in [9.17, 15) is 8.42 Å². The molecular weight excluding hydrogens is 264 g/mol. The lowest BCUT2D eigenvalue weighted by molar-refractivity contribution is 0.277. The maximum absolute atomic E-state index is 12.2. The van der Waals surface area contributed by atoms with Crippen LogP contribution in [0.15, 0.2) is 17.2 Å². The van der Waals surface area contributed by atoms with Gasteiger partial charge in [0.1, 0.15) is 0 Å². The van der Waals surface area contributed by atoms with Crippen molar-refractivity contribution in [3.05, 3.63) is 18.0 Å². The molecule has 0 saturated heterocycles. The Hall–Kier alpha value is -0.850. The molecule has 1 aliphatic carbocycles. The predicted molar refractivity (Wildman–Crippen MR) is 73.1 cm³/mol. The van der Waals surface area contributed by atoms with Gasteiger partial charge < -0.3 is 10.1 Å². The molecule has 1 aromatic heterocycles. The molecule has 1 heterocycles. The first kappa shape index (κ1) is 14.6. The number of aliphatic hydroxyl groups is 1.